The minimum absolute atomic E-state index is 0.0308. The molecule has 0 radical (unpaired) electrons. The highest BCUT2D eigenvalue weighted by molar-refractivity contribution is 5.70. The Morgan fingerprint density at radius 1 is 1.23 bits per heavy atom. The number of fused-ring (bicyclic) bond motifs is 1. The van der Waals surface area contributed by atoms with Crippen LogP contribution in [-0.2, 0) is 16.1 Å². The van der Waals surface area contributed by atoms with Crippen LogP contribution in [0.4, 0.5) is 0 Å². The molecule has 1 heterocycles. The average Bonchev–Trinajstić information content (AvgIpc) is 2.86. The van der Waals surface area contributed by atoms with Crippen LogP contribution in [0.1, 0.15) is 44.6 Å². The van der Waals surface area contributed by atoms with Crippen LogP contribution in [0.25, 0.3) is 0 Å². The van der Waals surface area contributed by atoms with Gasteiger partial charge in [0.2, 0.25) is 0 Å². The van der Waals surface area contributed by atoms with Gasteiger partial charge >= 0.3 is 5.97 Å². The molecule has 2 fully saturated rings. The van der Waals surface area contributed by atoms with E-state index >= 15 is 0 Å². The molecule has 1 aromatic rings. The molecule has 3 nitrogen and oxygen atoms in total. The van der Waals surface area contributed by atoms with E-state index in [4.69, 9.17) is 4.74 Å². The van der Waals surface area contributed by atoms with Gasteiger partial charge < -0.3 is 4.74 Å². The summed E-state index contributed by atoms with van der Waals surface area (Å²) in [5.41, 5.74) is 1.34. The van der Waals surface area contributed by atoms with Gasteiger partial charge in [0.1, 0.15) is 0 Å². The molecule has 1 aromatic carbocycles. The van der Waals surface area contributed by atoms with Gasteiger partial charge in [-0.2, -0.15) is 0 Å². The van der Waals surface area contributed by atoms with Gasteiger partial charge in [0.05, 0.1) is 13.0 Å². The molecule has 120 valence electrons. The average molecular weight is 301 g/mol. The number of benzene rings is 1. The Morgan fingerprint density at radius 3 is 2.77 bits per heavy atom. The largest absolute Gasteiger partial charge is 0.466 e. The Kier molecular flexibility index (Phi) is 5.14. The highest BCUT2D eigenvalue weighted by Gasteiger charge is 2.43. The fraction of sp³-hybridized carbons (Fsp3) is 0.632. The lowest BCUT2D eigenvalue weighted by atomic mass is 9.78. The first kappa shape index (κ1) is 15.5. The fourth-order valence-electron chi connectivity index (χ4n) is 4.35. The first-order valence-electron chi connectivity index (χ1n) is 8.71. The van der Waals surface area contributed by atoms with E-state index in [-0.39, 0.29) is 5.97 Å². The zero-order chi connectivity index (χ0) is 15.4. The minimum atomic E-state index is -0.0308. The molecule has 3 heteroatoms. The zero-order valence-electron chi connectivity index (χ0n) is 13.5. The number of carbonyl (C=O) groups is 1. The molecule has 0 amide bonds. The molecule has 0 spiro atoms. The van der Waals surface area contributed by atoms with Crippen molar-refractivity contribution in [3.63, 3.8) is 0 Å². The number of hydrogen-bond acceptors (Lipinski definition) is 3. The van der Waals surface area contributed by atoms with Gasteiger partial charge in [0.15, 0.2) is 0 Å². The van der Waals surface area contributed by atoms with E-state index in [1.807, 2.05) is 6.92 Å². The van der Waals surface area contributed by atoms with Crippen LogP contribution in [0.15, 0.2) is 30.3 Å². The topological polar surface area (TPSA) is 29.5 Å². The Morgan fingerprint density at radius 2 is 2.00 bits per heavy atom. The number of esters is 1. The normalized spacial score (nSPS) is 28.3. The molecule has 0 bridgehead atoms. The third-order valence-electron chi connectivity index (χ3n) is 5.31. The predicted octanol–water partition coefficient (Wildman–Crippen LogP) is 3.63. The minimum Gasteiger partial charge on any atom is -0.466 e. The van der Waals surface area contributed by atoms with Crippen molar-refractivity contribution in [1.29, 1.82) is 0 Å². The lowest BCUT2D eigenvalue weighted by Gasteiger charge is -2.30. The molecule has 1 aliphatic carbocycles. The number of rotatable bonds is 5. The highest BCUT2D eigenvalue weighted by Crippen LogP contribution is 2.42. The van der Waals surface area contributed by atoms with Crippen molar-refractivity contribution in [3.05, 3.63) is 35.9 Å². The van der Waals surface area contributed by atoms with Crippen LogP contribution in [0.3, 0.4) is 0 Å². The molecule has 1 saturated heterocycles. The third kappa shape index (κ3) is 3.52. The molecule has 1 saturated carbocycles. The van der Waals surface area contributed by atoms with E-state index < -0.39 is 0 Å². The summed E-state index contributed by atoms with van der Waals surface area (Å²) in [5, 5.41) is 0. The van der Waals surface area contributed by atoms with E-state index in [9.17, 15) is 4.79 Å². The predicted molar refractivity (Wildman–Crippen MR) is 87.3 cm³/mol. The standard InChI is InChI=1S/C19H27NO2/c1-2-22-19(21)12-18-17-11-7-6-10-16(17)14-20(18)13-15-8-4-3-5-9-15/h3-5,8-9,16-18H,2,6-7,10-14H2,1H3/t16-,17+,18-/m1/s1. The van der Waals surface area contributed by atoms with Crippen molar-refractivity contribution in [2.75, 3.05) is 13.2 Å². The van der Waals surface area contributed by atoms with E-state index in [0.717, 1.165) is 19.0 Å². The summed E-state index contributed by atoms with van der Waals surface area (Å²) in [6.45, 7) is 4.47. The van der Waals surface area contributed by atoms with Gasteiger partial charge in [0, 0.05) is 19.1 Å². The monoisotopic (exact) mass is 301 g/mol. The molecule has 1 aliphatic heterocycles. The number of carbonyl (C=O) groups excluding carboxylic acids is 1. The zero-order valence-corrected chi connectivity index (χ0v) is 13.5. The van der Waals surface area contributed by atoms with Crippen LogP contribution in [0, 0.1) is 11.8 Å². The van der Waals surface area contributed by atoms with Gasteiger partial charge in [-0.15, -0.1) is 0 Å². The molecule has 3 atom stereocenters. The lowest BCUT2D eigenvalue weighted by molar-refractivity contribution is -0.144. The molecule has 0 N–H and O–H groups in total. The van der Waals surface area contributed by atoms with Crippen molar-refractivity contribution >= 4 is 5.97 Å². The molecular weight excluding hydrogens is 274 g/mol. The molecule has 2 aliphatic rings. The van der Waals surface area contributed by atoms with Crippen molar-refractivity contribution in [2.45, 2.75) is 51.6 Å². The summed E-state index contributed by atoms with van der Waals surface area (Å²) < 4.78 is 5.22. The Labute approximate surface area is 133 Å². The van der Waals surface area contributed by atoms with Gasteiger partial charge in [-0.05, 0) is 37.2 Å². The number of likely N-dealkylation sites (tertiary alicyclic amines) is 1. The molecule has 22 heavy (non-hydrogen) atoms. The van der Waals surface area contributed by atoms with Crippen LogP contribution >= 0.6 is 0 Å². The van der Waals surface area contributed by atoms with Gasteiger partial charge in [0.25, 0.3) is 0 Å². The van der Waals surface area contributed by atoms with E-state index in [1.54, 1.807) is 0 Å². The van der Waals surface area contributed by atoms with Crippen LogP contribution in [0.2, 0.25) is 0 Å². The Hall–Kier alpha value is -1.35. The first-order valence-corrected chi connectivity index (χ1v) is 8.71. The maximum Gasteiger partial charge on any atom is 0.307 e. The third-order valence-corrected chi connectivity index (χ3v) is 5.31. The molecule has 0 unspecified atom stereocenters. The molecule has 3 rings (SSSR count). The smallest absolute Gasteiger partial charge is 0.307 e. The summed E-state index contributed by atoms with van der Waals surface area (Å²) in [6.07, 6.45) is 5.84. The van der Waals surface area contributed by atoms with Crippen molar-refractivity contribution in [1.82, 2.24) is 4.90 Å². The number of hydrogen-bond donors (Lipinski definition) is 0. The Balaban J connectivity index is 1.72. The number of nitrogens with zero attached hydrogens (tertiary/aromatic N) is 1. The molecule has 0 aromatic heterocycles. The van der Waals surface area contributed by atoms with Crippen molar-refractivity contribution in [3.8, 4) is 0 Å². The quantitative estimate of drug-likeness (QED) is 0.778. The summed E-state index contributed by atoms with van der Waals surface area (Å²) in [7, 11) is 0. The summed E-state index contributed by atoms with van der Waals surface area (Å²) in [4.78, 5) is 14.6. The van der Waals surface area contributed by atoms with Crippen molar-refractivity contribution < 1.29 is 9.53 Å². The summed E-state index contributed by atoms with van der Waals surface area (Å²) in [5.74, 6) is 1.43. The van der Waals surface area contributed by atoms with Gasteiger partial charge in [-0.3, -0.25) is 9.69 Å². The fourth-order valence-corrected chi connectivity index (χ4v) is 4.35. The highest BCUT2D eigenvalue weighted by atomic mass is 16.5. The second kappa shape index (κ2) is 7.28. The number of ether oxygens (including phenoxy) is 1. The van der Waals surface area contributed by atoms with Crippen LogP contribution < -0.4 is 0 Å². The maximum absolute atomic E-state index is 12.0. The second-order valence-electron chi connectivity index (χ2n) is 6.70. The summed E-state index contributed by atoms with van der Waals surface area (Å²) >= 11 is 0. The van der Waals surface area contributed by atoms with E-state index in [0.29, 0.717) is 25.0 Å². The lowest BCUT2D eigenvalue weighted by Crippen LogP contribution is -2.35. The van der Waals surface area contributed by atoms with Crippen LogP contribution in [-0.4, -0.2) is 30.1 Å². The van der Waals surface area contributed by atoms with Crippen LogP contribution in [0.5, 0.6) is 0 Å². The second-order valence-corrected chi connectivity index (χ2v) is 6.70. The van der Waals surface area contributed by atoms with Gasteiger partial charge in [-0.25, -0.2) is 0 Å². The molecular formula is C19H27NO2. The maximum atomic E-state index is 12.0. The van der Waals surface area contributed by atoms with Crippen molar-refractivity contribution in [2.24, 2.45) is 11.8 Å². The van der Waals surface area contributed by atoms with Gasteiger partial charge in [-0.1, -0.05) is 43.2 Å². The SMILES string of the molecule is CCOC(=O)C[C@@H]1[C@H]2CCCC[C@@H]2CN1Cc1ccccc1. The van der Waals surface area contributed by atoms with E-state index in [2.05, 4.69) is 35.2 Å². The first-order chi connectivity index (χ1) is 10.8. The summed E-state index contributed by atoms with van der Waals surface area (Å²) in [6, 6.07) is 11.0. The van der Waals surface area contributed by atoms with E-state index in [1.165, 1.54) is 31.2 Å². The Bertz CT molecular complexity index is 487.